The summed E-state index contributed by atoms with van der Waals surface area (Å²) in [4.78, 5) is 5.64. The summed E-state index contributed by atoms with van der Waals surface area (Å²) in [7, 11) is 0. The monoisotopic (exact) mass is 294 g/mol. The lowest BCUT2D eigenvalue weighted by atomic mass is 10.1. The summed E-state index contributed by atoms with van der Waals surface area (Å²) in [6.45, 7) is 12.3. The van der Waals surface area contributed by atoms with Crippen molar-refractivity contribution in [2.75, 3.05) is 6.54 Å². The maximum absolute atomic E-state index is 3.57. The number of rotatable bonds is 6. The molecular weight excluding hydrogens is 264 g/mol. The van der Waals surface area contributed by atoms with Crippen LogP contribution in [0.2, 0.25) is 0 Å². The minimum absolute atomic E-state index is 0.198. The Morgan fingerprint density at radius 1 is 1.20 bits per heavy atom. The molecule has 1 N–H and O–H groups in total. The Labute approximate surface area is 128 Å². The first-order valence-electron chi connectivity index (χ1n) is 8.04. The topological polar surface area (TPSA) is 15.3 Å². The molecule has 0 spiro atoms. The molecule has 0 atom stereocenters. The number of nitrogens with one attached hydrogen (secondary N) is 1. The summed E-state index contributed by atoms with van der Waals surface area (Å²) in [6, 6.07) is 5.45. The summed E-state index contributed by atoms with van der Waals surface area (Å²) >= 11 is 1.97. The molecule has 0 unspecified atom stereocenters. The minimum Gasteiger partial charge on any atom is -0.307 e. The van der Waals surface area contributed by atoms with E-state index in [0.717, 1.165) is 19.1 Å². The number of hydrogen-bond acceptors (Lipinski definition) is 3. The highest BCUT2D eigenvalue weighted by atomic mass is 32.1. The summed E-state index contributed by atoms with van der Waals surface area (Å²) in [5.74, 6) is 0. The molecule has 1 saturated carbocycles. The molecule has 0 aromatic carbocycles. The molecule has 0 radical (unpaired) electrons. The van der Waals surface area contributed by atoms with Gasteiger partial charge >= 0.3 is 0 Å². The van der Waals surface area contributed by atoms with Gasteiger partial charge in [0.05, 0.1) is 0 Å². The van der Waals surface area contributed by atoms with E-state index in [2.05, 4.69) is 50.0 Å². The molecule has 1 aliphatic rings. The van der Waals surface area contributed by atoms with Crippen molar-refractivity contribution < 1.29 is 0 Å². The van der Waals surface area contributed by atoms with E-state index in [-0.39, 0.29) is 5.54 Å². The van der Waals surface area contributed by atoms with Gasteiger partial charge in [0.15, 0.2) is 0 Å². The number of nitrogens with zero attached hydrogens (tertiary/aromatic N) is 1. The van der Waals surface area contributed by atoms with E-state index in [1.807, 2.05) is 11.3 Å². The van der Waals surface area contributed by atoms with E-state index >= 15 is 0 Å². The van der Waals surface area contributed by atoms with Crippen LogP contribution in [0.15, 0.2) is 12.1 Å². The van der Waals surface area contributed by atoms with Crippen LogP contribution >= 0.6 is 11.3 Å². The van der Waals surface area contributed by atoms with Gasteiger partial charge in [0.1, 0.15) is 0 Å². The highest BCUT2D eigenvalue weighted by molar-refractivity contribution is 7.11. The fraction of sp³-hybridized carbons (Fsp3) is 0.765. The van der Waals surface area contributed by atoms with Crippen molar-refractivity contribution in [3.63, 3.8) is 0 Å². The van der Waals surface area contributed by atoms with Gasteiger partial charge in [0, 0.05) is 34.4 Å². The van der Waals surface area contributed by atoms with Crippen molar-refractivity contribution >= 4 is 11.3 Å². The SMILES string of the molecule is CCN(Cc1ccc(CNC(C)(C)C)s1)C1CCCC1. The van der Waals surface area contributed by atoms with Gasteiger partial charge in [0.25, 0.3) is 0 Å². The highest BCUT2D eigenvalue weighted by Crippen LogP contribution is 2.26. The van der Waals surface area contributed by atoms with Crippen molar-refractivity contribution in [2.45, 2.75) is 78.0 Å². The molecule has 1 fully saturated rings. The first-order chi connectivity index (χ1) is 9.48. The Morgan fingerprint density at radius 2 is 1.85 bits per heavy atom. The van der Waals surface area contributed by atoms with Crippen molar-refractivity contribution in [2.24, 2.45) is 0 Å². The van der Waals surface area contributed by atoms with Gasteiger partial charge in [-0.05, 0) is 52.3 Å². The standard InChI is InChI=1S/C17H30N2S/c1-5-19(14-8-6-7-9-14)13-16-11-10-15(20-16)12-18-17(2,3)4/h10-11,14,18H,5-9,12-13H2,1-4H3. The molecule has 114 valence electrons. The zero-order chi connectivity index (χ0) is 14.6. The Kier molecular flexibility index (Phi) is 5.65. The van der Waals surface area contributed by atoms with Crippen molar-refractivity contribution in [3.05, 3.63) is 21.9 Å². The third kappa shape index (κ3) is 4.87. The quantitative estimate of drug-likeness (QED) is 0.836. The van der Waals surface area contributed by atoms with Gasteiger partial charge in [-0.1, -0.05) is 19.8 Å². The van der Waals surface area contributed by atoms with Crippen LogP contribution in [0.4, 0.5) is 0 Å². The zero-order valence-electron chi connectivity index (χ0n) is 13.5. The van der Waals surface area contributed by atoms with Crippen molar-refractivity contribution in [1.82, 2.24) is 10.2 Å². The van der Waals surface area contributed by atoms with Crippen LogP contribution in [0.3, 0.4) is 0 Å². The lowest BCUT2D eigenvalue weighted by molar-refractivity contribution is 0.202. The lowest BCUT2D eigenvalue weighted by Gasteiger charge is -2.26. The third-order valence-corrected chi connectivity index (χ3v) is 5.19. The molecule has 2 nitrogen and oxygen atoms in total. The van der Waals surface area contributed by atoms with Gasteiger partial charge in [-0.2, -0.15) is 0 Å². The predicted molar refractivity (Wildman–Crippen MR) is 89.3 cm³/mol. The second-order valence-electron chi connectivity index (χ2n) is 6.97. The molecule has 1 heterocycles. The molecule has 0 saturated heterocycles. The van der Waals surface area contributed by atoms with E-state index in [9.17, 15) is 0 Å². The van der Waals surface area contributed by atoms with Crippen LogP contribution in [0.5, 0.6) is 0 Å². The Bertz CT molecular complexity index is 399. The van der Waals surface area contributed by atoms with Crippen molar-refractivity contribution in [1.29, 1.82) is 0 Å². The lowest BCUT2D eigenvalue weighted by Crippen LogP contribution is -2.34. The Morgan fingerprint density at radius 3 is 2.45 bits per heavy atom. The summed E-state index contributed by atoms with van der Waals surface area (Å²) in [6.07, 6.45) is 5.65. The first-order valence-corrected chi connectivity index (χ1v) is 8.86. The fourth-order valence-electron chi connectivity index (χ4n) is 2.92. The zero-order valence-corrected chi connectivity index (χ0v) is 14.4. The number of hydrogen-bond donors (Lipinski definition) is 1. The number of thiophene rings is 1. The van der Waals surface area contributed by atoms with Gasteiger partial charge in [-0.25, -0.2) is 0 Å². The Balaban J connectivity index is 1.87. The molecule has 0 amide bonds. The highest BCUT2D eigenvalue weighted by Gasteiger charge is 2.21. The molecule has 20 heavy (non-hydrogen) atoms. The smallest absolute Gasteiger partial charge is 0.0330 e. The summed E-state index contributed by atoms with van der Waals surface area (Å²) < 4.78 is 0. The molecule has 1 aliphatic carbocycles. The molecule has 0 bridgehead atoms. The van der Waals surface area contributed by atoms with E-state index in [1.165, 1.54) is 42.0 Å². The normalized spacial score (nSPS) is 17.2. The van der Waals surface area contributed by atoms with Gasteiger partial charge in [-0.15, -0.1) is 11.3 Å². The third-order valence-electron chi connectivity index (χ3n) is 4.12. The minimum atomic E-state index is 0.198. The van der Waals surface area contributed by atoms with Crippen LogP contribution < -0.4 is 5.32 Å². The second kappa shape index (κ2) is 7.06. The molecule has 3 heteroatoms. The largest absolute Gasteiger partial charge is 0.307 e. The van der Waals surface area contributed by atoms with Gasteiger partial charge in [-0.3, -0.25) is 4.90 Å². The Hall–Kier alpha value is -0.380. The molecular formula is C17H30N2S. The van der Waals surface area contributed by atoms with Crippen LogP contribution in [0.1, 0.15) is 63.1 Å². The maximum Gasteiger partial charge on any atom is 0.0330 e. The fourth-order valence-corrected chi connectivity index (χ4v) is 3.91. The van der Waals surface area contributed by atoms with E-state index < -0.39 is 0 Å². The van der Waals surface area contributed by atoms with Crippen LogP contribution in [0, 0.1) is 0 Å². The van der Waals surface area contributed by atoms with Crippen LogP contribution in [-0.2, 0) is 13.1 Å². The van der Waals surface area contributed by atoms with Gasteiger partial charge in [0.2, 0.25) is 0 Å². The van der Waals surface area contributed by atoms with E-state index in [4.69, 9.17) is 0 Å². The summed E-state index contributed by atoms with van der Waals surface area (Å²) in [5.41, 5.74) is 0.198. The average Bonchev–Trinajstić information content (AvgIpc) is 3.04. The molecule has 1 aromatic heterocycles. The first kappa shape index (κ1) is 16.0. The van der Waals surface area contributed by atoms with E-state index in [1.54, 1.807) is 0 Å². The summed E-state index contributed by atoms with van der Waals surface area (Å²) in [5, 5.41) is 3.57. The predicted octanol–water partition coefficient (Wildman–Crippen LogP) is 4.40. The molecule has 0 aliphatic heterocycles. The van der Waals surface area contributed by atoms with Crippen molar-refractivity contribution in [3.8, 4) is 0 Å². The van der Waals surface area contributed by atoms with E-state index in [0.29, 0.717) is 0 Å². The van der Waals surface area contributed by atoms with Crippen LogP contribution in [0.25, 0.3) is 0 Å². The van der Waals surface area contributed by atoms with Crippen LogP contribution in [-0.4, -0.2) is 23.0 Å². The molecule has 2 rings (SSSR count). The molecule has 1 aromatic rings. The van der Waals surface area contributed by atoms with Gasteiger partial charge < -0.3 is 5.32 Å². The average molecular weight is 295 g/mol. The maximum atomic E-state index is 3.57. The second-order valence-corrected chi connectivity index (χ2v) is 8.23.